The molecule has 1 heterocycles. The number of morpholine rings is 1. The predicted octanol–water partition coefficient (Wildman–Crippen LogP) is -0.126. The van der Waals surface area contributed by atoms with E-state index in [9.17, 15) is 9.59 Å². The molecule has 1 aliphatic rings. The Bertz CT molecular complexity index is 251. The molecule has 1 fully saturated rings. The standard InChI is InChI=1S/C9H13NO4/c1-2-3-10-4-5-14-7(9(10)13)6-8(11)12/h2,7H,1,3-6H2,(H,11,12). The SMILES string of the molecule is C=CCN1CCOC(CC(=O)O)C1=O. The third kappa shape index (κ3) is 2.56. The summed E-state index contributed by atoms with van der Waals surface area (Å²) in [6.45, 7) is 4.85. The highest BCUT2D eigenvalue weighted by Crippen LogP contribution is 2.10. The largest absolute Gasteiger partial charge is 0.481 e. The fourth-order valence-corrected chi connectivity index (χ4v) is 1.33. The van der Waals surface area contributed by atoms with E-state index in [-0.39, 0.29) is 12.3 Å². The van der Waals surface area contributed by atoms with Crippen LogP contribution in [0.15, 0.2) is 12.7 Å². The second-order valence-electron chi connectivity index (χ2n) is 3.03. The number of carbonyl (C=O) groups excluding carboxylic acids is 1. The zero-order valence-electron chi connectivity index (χ0n) is 7.81. The van der Waals surface area contributed by atoms with Crippen LogP contribution in [0.25, 0.3) is 0 Å². The number of rotatable bonds is 4. The molecule has 0 aromatic carbocycles. The van der Waals surface area contributed by atoms with Crippen LogP contribution in [0.4, 0.5) is 0 Å². The van der Waals surface area contributed by atoms with Crippen LogP contribution < -0.4 is 0 Å². The van der Waals surface area contributed by atoms with Crippen LogP contribution >= 0.6 is 0 Å². The Morgan fingerprint density at radius 1 is 1.79 bits per heavy atom. The molecule has 1 atom stereocenters. The van der Waals surface area contributed by atoms with E-state index in [1.807, 2.05) is 0 Å². The average Bonchev–Trinajstić information content (AvgIpc) is 2.11. The smallest absolute Gasteiger partial charge is 0.306 e. The van der Waals surface area contributed by atoms with Gasteiger partial charge in [0.05, 0.1) is 13.0 Å². The normalized spacial score (nSPS) is 22.1. The Morgan fingerprint density at radius 3 is 3.07 bits per heavy atom. The van der Waals surface area contributed by atoms with Gasteiger partial charge in [-0.15, -0.1) is 6.58 Å². The van der Waals surface area contributed by atoms with Crippen LogP contribution in [0.3, 0.4) is 0 Å². The van der Waals surface area contributed by atoms with Crippen LogP contribution in [0.5, 0.6) is 0 Å². The summed E-state index contributed by atoms with van der Waals surface area (Å²) < 4.78 is 5.07. The number of aliphatic carboxylic acids is 1. The Kier molecular flexibility index (Phi) is 3.64. The van der Waals surface area contributed by atoms with Crippen LogP contribution in [0.2, 0.25) is 0 Å². The number of carboxylic acid groups (broad SMARTS) is 1. The van der Waals surface area contributed by atoms with Gasteiger partial charge in [0.1, 0.15) is 6.10 Å². The van der Waals surface area contributed by atoms with Gasteiger partial charge in [0.15, 0.2) is 0 Å². The van der Waals surface area contributed by atoms with Crippen molar-refractivity contribution in [2.45, 2.75) is 12.5 Å². The quantitative estimate of drug-likeness (QED) is 0.641. The predicted molar refractivity (Wildman–Crippen MR) is 48.8 cm³/mol. The van der Waals surface area contributed by atoms with Crippen molar-refractivity contribution in [1.29, 1.82) is 0 Å². The molecule has 14 heavy (non-hydrogen) atoms. The van der Waals surface area contributed by atoms with Crippen molar-refractivity contribution < 1.29 is 19.4 Å². The molecule has 1 rings (SSSR count). The third-order valence-corrected chi connectivity index (χ3v) is 1.98. The summed E-state index contributed by atoms with van der Waals surface area (Å²) in [5, 5.41) is 8.53. The second kappa shape index (κ2) is 4.76. The first-order chi connectivity index (χ1) is 6.65. The number of hydrogen-bond donors (Lipinski definition) is 1. The fraction of sp³-hybridized carbons (Fsp3) is 0.556. The maximum Gasteiger partial charge on any atom is 0.306 e. The number of carbonyl (C=O) groups is 2. The first-order valence-electron chi connectivity index (χ1n) is 4.38. The molecular formula is C9H13NO4. The molecule has 0 radical (unpaired) electrons. The van der Waals surface area contributed by atoms with Gasteiger partial charge in [-0.25, -0.2) is 0 Å². The van der Waals surface area contributed by atoms with E-state index in [0.29, 0.717) is 19.7 Å². The topological polar surface area (TPSA) is 66.8 Å². The van der Waals surface area contributed by atoms with E-state index in [2.05, 4.69) is 6.58 Å². The van der Waals surface area contributed by atoms with Gasteiger partial charge in [0, 0.05) is 13.1 Å². The summed E-state index contributed by atoms with van der Waals surface area (Å²) in [7, 11) is 0. The van der Waals surface area contributed by atoms with Crippen LogP contribution in [0.1, 0.15) is 6.42 Å². The molecule has 0 spiro atoms. The highest BCUT2D eigenvalue weighted by Gasteiger charge is 2.30. The summed E-state index contributed by atoms with van der Waals surface area (Å²) in [6.07, 6.45) is 0.509. The minimum absolute atomic E-state index is 0.265. The number of carboxylic acids is 1. The Morgan fingerprint density at radius 2 is 2.50 bits per heavy atom. The minimum atomic E-state index is -1.02. The Balaban J connectivity index is 2.56. The lowest BCUT2D eigenvalue weighted by Gasteiger charge is -2.30. The lowest BCUT2D eigenvalue weighted by atomic mass is 10.2. The lowest BCUT2D eigenvalue weighted by molar-refractivity contribution is -0.158. The summed E-state index contributed by atoms with van der Waals surface area (Å²) in [5.41, 5.74) is 0. The monoisotopic (exact) mass is 199 g/mol. The number of hydrogen-bond acceptors (Lipinski definition) is 3. The summed E-state index contributed by atoms with van der Waals surface area (Å²) in [5.74, 6) is -1.29. The van der Waals surface area contributed by atoms with E-state index in [1.54, 1.807) is 11.0 Å². The van der Waals surface area contributed by atoms with Gasteiger partial charge in [-0.3, -0.25) is 9.59 Å². The molecule has 0 aromatic rings. The summed E-state index contributed by atoms with van der Waals surface area (Å²) in [4.78, 5) is 23.5. The van der Waals surface area contributed by atoms with E-state index >= 15 is 0 Å². The van der Waals surface area contributed by atoms with Crippen molar-refractivity contribution >= 4 is 11.9 Å². The number of amides is 1. The average molecular weight is 199 g/mol. The van der Waals surface area contributed by atoms with Gasteiger partial charge in [0.25, 0.3) is 5.91 Å². The van der Waals surface area contributed by atoms with Crippen molar-refractivity contribution in [3.63, 3.8) is 0 Å². The molecule has 78 valence electrons. The van der Waals surface area contributed by atoms with Crippen molar-refractivity contribution in [2.75, 3.05) is 19.7 Å². The molecule has 0 saturated carbocycles. The molecule has 1 saturated heterocycles. The molecule has 1 unspecified atom stereocenters. The molecule has 1 aliphatic heterocycles. The second-order valence-corrected chi connectivity index (χ2v) is 3.03. The number of ether oxygens (including phenoxy) is 1. The van der Waals surface area contributed by atoms with E-state index in [1.165, 1.54) is 0 Å². The van der Waals surface area contributed by atoms with Crippen LogP contribution in [0, 0.1) is 0 Å². The molecule has 0 aromatic heterocycles. The van der Waals surface area contributed by atoms with Gasteiger partial charge in [0.2, 0.25) is 0 Å². The molecule has 0 bridgehead atoms. The molecule has 0 aliphatic carbocycles. The van der Waals surface area contributed by atoms with Crippen molar-refractivity contribution in [1.82, 2.24) is 4.90 Å². The Hall–Kier alpha value is -1.36. The molecule has 1 amide bonds. The zero-order chi connectivity index (χ0) is 10.6. The van der Waals surface area contributed by atoms with E-state index < -0.39 is 12.1 Å². The summed E-state index contributed by atoms with van der Waals surface area (Å²) in [6, 6.07) is 0. The van der Waals surface area contributed by atoms with Gasteiger partial charge in [-0.1, -0.05) is 6.08 Å². The molecular weight excluding hydrogens is 186 g/mol. The lowest BCUT2D eigenvalue weighted by Crippen LogP contribution is -2.48. The van der Waals surface area contributed by atoms with Crippen molar-refractivity contribution in [3.05, 3.63) is 12.7 Å². The minimum Gasteiger partial charge on any atom is -0.481 e. The molecule has 5 heteroatoms. The Labute approximate surface area is 82.0 Å². The van der Waals surface area contributed by atoms with Gasteiger partial charge in [-0.05, 0) is 0 Å². The van der Waals surface area contributed by atoms with Crippen molar-refractivity contribution in [3.8, 4) is 0 Å². The maximum atomic E-state index is 11.5. The van der Waals surface area contributed by atoms with Gasteiger partial charge < -0.3 is 14.7 Å². The zero-order valence-corrected chi connectivity index (χ0v) is 7.81. The first-order valence-corrected chi connectivity index (χ1v) is 4.38. The highest BCUT2D eigenvalue weighted by atomic mass is 16.5. The molecule has 5 nitrogen and oxygen atoms in total. The fourth-order valence-electron chi connectivity index (χ4n) is 1.33. The van der Waals surface area contributed by atoms with Gasteiger partial charge in [-0.2, -0.15) is 0 Å². The van der Waals surface area contributed by atoms with Gasteiger partial charge >= 0.3 is 5.97 Å². The van der Waals surface area contributed by atoms with Crippen LogP contribution in [-0.4, -0.2) is 47.7 Å². The summed E-state index contributed by atoms with van der Waals surface area (Å²) >= 11 is 0. The first kappa shape index (κ1) is 10.7. The van der Waals surface area contributed by atoms with Crippen LogP contribution in [-0.2, 0) is 14.3 Å². The molecule has 1 N–H and O–H groups in total. The van der Waals surface area contributed by atoms with Crippen molar-refractivity contribution in [2.24, 2.45) is 0 Å². The maximum absolute atomic E-state index is 11.5. The third-order valence-electron chi connectivity index (χ3n) is 1.98. The van der Waals surface area contributed by atoms with E-state index in [4.69, 9.17) is 9.84 Å². The van der Waals surface area contributed by atoms with E-state index in [0.717, 1.165) is 0 Å². The number of nitrogens with zero attached hydrogens (tertiary/aromatic N) is 1. The highest BCUT2D eigenvalue weighted by molar-refractivity contribution is 5.85.